The van der Waals surface area contributed by atoms with E-state index in [9.17, 15) is 0 Å². The molecule has 0 bridgehead atoms. The van der Waals surface area contributed by atoms with E-state index in [1.165, 1.54) is 0 Å². The number of rotatable bonds is 6. The Morgan fingerprint density at radius 3 is 2.95 bits per heavy atom. The molecule has 0 aliphatic rings. The molecule has 102 valence electrons. The van der Waals surface area contributed by atoms with Gasteiger partial charge in [0.2, 0.25) is 5.88 Å². The van der Waals surface area contributed by atoms with E-state index in [1.807, 2.05) is 32.4 Å². The molecule has 0 spiro atoms. The van der Waals surface area contributed by atoms with Crippen molar-refractivity contribution in [2.24, 2.45) is 7.05 Å². The van der Waals surface area contributed by atoms with Gasteiger partial charge < -0.3 is 15.8 Å². The summed E-state index contributed by atoms with van der Waals surface area (Å²) in [5.41, 5.74) is 7.46. The van der Waals surface area contributed by atoms with Crippen LogP contribution in [0.5, 0.6) is 5.88 Å². The fourth-order valence-electron chi connectivity index (χ4n) is 1.62. The highest BCUT2D eigenvalue weighted by molar-refractivity contribution is 5.53. The first-order valence-electron chi connectivity index (χ1n) is 6.29. The third-order valence-corrected chi connectivity index (χ3v) is 2.56. The molecule has 0 aliphatic heterocycles. The second-order valence-corrected chi connectivity index (χ2v) is 4.32. The molecule has 2 aromatic heterocycles. The molecule has 0 aromatic carbocycles. The molecule has 19 heavy (non-hydrogen) atoms. The van der Waals surface area contributed by atoms with Crippen LogP contribution < -0.4 is 15.8 Å². The predicted molar refractivity (Wildman–Crippen MR) is 75.0 cm³/mol. The zero-order valence-electron chi connectivity index (χ0n) is 11.3. The molecule has 2 rings (SSSR count). The maximum absolute atomic E-state index is 5.81. The van der Waals surface area contributed by atoms with Crippen LogP contribution in [0.2, 0.25) is 0 Å². The molecule has 3 N–H and O–H groups in total. The third-order valence-electron chi connectivity index (χ3n) is 2.56. The van der Waals surface area contributed by atoms with Gasteiger partial charge >= 0.3 is 0 Å². The van der Waals surface area contributed by atoms with E-state index in [0.29, 0.717) is 24.7 Å². The normalized spacial score (nSPS) is 10.4. The molecule has 0 saturated carbocycles. The molecule has 0 unspecified atom stereocenters. The van der Waals surface area contributed by atoms with Crippen LogP contribution in [0.4, 0.5) is 11.5 Å². The quantitative estimate of drug-likeness (QED) is 0.829. The summed E-state index contributed by atoms with van der Waals surface area (Å²) in [5, 5.41) is 7.33. The highest BCUT2D eigenvalue weighted by Crippen LogP contribution is 2.21. The highest BCUT2D eigenvalue weighted by Gasteiger charge is 2.04. The molecule has 0 saturated heterocycles. The van der Waals surface area contributed by atoms with Gasteiger partial charge in [-0.2, -0.15) is 10.1 Å². The van der Waals surface area contributed by atoms with Crippen molar-refractivity contribution in [1.29, 1.82) is 0 Å². The van der Waals surface area contributed by atoms with Gasteiger partial charge in [-0.1, -0.05) is 6.92 Å². The van der Waals surface area contributed by atoms with Crippen molar-refractivity contribution in [3.05, 3.63) is 30.1 Å². The second kappa shape index (κ2) is 6.08. The van der Waals surface area contributed by atoms with Crippen molar-refractivity contribution in [2.45, 2.75) is 19.9 Å². The molecule has 0 fully saturated rings. The van der Waals surface area contributed by atoms with Gasteiger partial charge in [0.25, 0.3) is 0 Å². The third kappa shape index (κ3) is 3.61. The van der Waals surface area contributed by atoms with E-state index in [-0.39, 0.29) is 0 Å². The van der Waals surface area contributed by atoms with Crippen LogP contribution in [-0.2, 0) is 13.6 Å². The van der Waals surface area contributed by atoms with Crippen LogP contribution in [0, 0.1) is 0 Å². The Balaban J connectivity index is 2.00. The van der Waals surface area contributed by atoms with E-state index in [4.69, 9.17) is 10.5 Å². The zero-order chi connectivity index (χ0) is 13.7. The summed E-state index contributed by atoms with van der Waals surface area (Å²) < 4.78 is 7.26. The van der Waals surface area contributed by atoms with Crippen molar-refractivity contribution >= 4 is 11.5 Å². The van der Waals surface area contributed by atoms with Crippen molar-refractivity contribution in [1.82, 2.24) is 14.8 Å². The lowest BCUT2D eigenvalue weighted by Gasteiger charge is -2.09. The summed E-state index contributed by atoms with van der Waals surface area (Å²) in [5.74, 6) is 1.22. The largest absolute Gasteiger partial charge is 0.476 e. The number of nitrogens with one attached hydrogen (secondary N) is 1. The summed E-state index contributed by atoms with van der Waals surface area (Å²) in [6.07, 6.45) is 4.70. The minimum Gasteiger partial charge on any atom is -0.476 e. The molecule has 0 amide bonds. The van der Waals surface area contributed by atoms with Gasteiger partial charge in [-0.3, -0.25) is 4.68 Å². The summed E-state index contributed by atoms with van der Waals surface area (Å²) >= 11 is 0. The number of nitrogens with zero attached hydrogens (tertiary/aromatic N) is 3. The maximum atomic E-state index is 5.81. The second-order valence-electron chi connectivity index (χ2n) is 4.32. The number of anilines is 2. The number of nitrogens with two attached hydrogens (primary N) is 1. The molecule has 0 atom stereocenters. The summed E-state index contributed by atoms with van der Waals surface area (Å²) in [6, 6.07) is 3.63. The summed E-state index contributed by atoms with van der Waals surface area (Å²) in [7, 11) is 1.89. The van der Waals surface area contributed by atoms with E-state index in [0.717, 1.165) is 17.8 Å². The van der Waals surface area contributed by atoms with Crippen LogP contribution >= 0.6 is 0 Å². The van der Waals surface area contributed by atoms with Crippen LogP contribution in [0.1, 0.15) is 18.9 Å². The monoisotopic (exact) mass is 261 g/mol. The fraction of sp³-hybridized carbons (Fsp3) is 0.385. The van der Waals surface area contributed by atoms with Crippen molar-refractivity contribution in [2.75, 3.05) is 17.7 Å². The first kappa shape index (κ1) is 13.2. The zero-order valence-corrected chi connectivity index (χ0v) is 11.3. The lowest BCUT2D eigenvalue weighted by atomic mass is 10.3. The number of aromatic nitrogens is 3. The summed E-state index contributed by atoms with van der Waals surface area (Å²) in [6.45, 7) is 3.32. The topological polar surface area (TPSA) is 78.0 Å². The minimum atomic E-state index is 0.484. The number of nitrogen functional groups attached to an aromatic ring is 1. The van der Waals surface area contributed by atoms with Gasteiger partial charge in [-0.15, -0.1) is 0 Å². The van der Waals surface area contributed by atoms with Crippen LogP contribution in [0.25, 0.3) is 0 Å². The van der Waals surface area contributed by atoms with E-state index in [1.54, 1.807) is 10.7 Å². The smallest absolute Gasteiger partial charge is 0.239 e. The van der Waals surface area contributed by atoms with Crippen molar-refractivity contribution in [3.63, 3.8) is 0 Å². The van der Waals surface area contributed by atoms with E-state index in [2.05, 4.69) is 15.4 Å². The van der Waals surface area contributed by atoms with Crippen LogP contribution in [0.3, 0.4) is 0 Å². The molecular weight excluding hydrogens is 242 g/mol. The lowest BCUT2D eigenvalue weighted by Crippen LogP contribution is -2.05. The van der Waals surface area contributed by atoms with Gasteiger partial charge in [0.05, 0.1) is 18.5 Å². The number of pyridine rings is 1. The Hall–Kier alpha value is -2.24. The van der Waals surface area contributed by atoms with E-state index >= 15 is 0 Å². The van der Waals surface area contributed by atoms with Gasteiger partial charge in [0.15, 0.2) is 0 Å². The minimum absolute atomic E-state index is 0.484. The Labute approximate surface area is 112 Å². The Morgan fingerprint density at radius 2 is 2.26 bits per heavy atom. The molecule has 0 radical (unpaired) electrons. The average Bonchev–Trinajstić information content (AvgIpc) is 2.82. The highest BCUT2D eigenvalue weighted by atomic mass is 16.5. The maximum Gasteiger partial charge on any atom is 0.239 e. The number of hydrogen-bond donors (Lipinski definition) is 2. The Bertz CT molecular complexity index is 538. The first-order chi connectivity index (χ1) is 9.19. The van der Waals surface area contributed by atoms with Crippen molar-refractivity contribution in [3.8, 4) is 5.88 Å². The van der Waals surface area contributed by atoms with E-state index < -0.39 is 0 Å². The number of aryl methyl sites for hydroxylation is 1. The van der Waals surface area contributed by atoms with Gasteiger partial charge in [0.1, 0.15) is 5.82 Å². The summed E-state index contributed by atoms with van der Waals surface area (Å²) in [4.78, 5) is 4.35. The van der Waals surface area contributed by atoms with Crippen molar-refractivity contribution < 1.29 is 4.74 Å². The Kier molecular flexibility index (Phi) is 4.22. The first-order valence-corrected chi connectivity index (χ1v) is 6.29. The predicted octanol–water partition coefficient (Wildman–Crippen LogP) is 1.80. The molecule has 6 nitrogen and oxygen atoms in total. The molecule has 2 aromatic rings. The SMILES string of the molecule is CCCOc1nc(NCc2cnn(C)c2)ccc1N. The Morgan fingerprint density at radius 1 is 1.42 bits per heavy atom. The van der Waals surface area contributed by atoms with Gasteiger partial charge in [0, 0.05) is 25.4 Å². The average molecular weight is 261 g/mol. The molecule has 6 heteroatoms. The van der Waals surface area contributed by atoms with Crippen LogP contribution in [-0.4, -0.2) is 21.4 Å². The molecule has 0 aliphatic carbocycles. The van der Waals surface area contributed by atoms with Gasteiger partial charge in [-0.05, 0) is 18.6 Å². The lowest BCUT2D eigenvalue weighted by molar-refractivity contribution is 0.307. The number of hydrogen-bond acceptors (Lipinski definition) is 5. The number of ether oxygens (including phenoxy) is 1. The van der Waals surface area contributed by atoms with Gasteiger partial charge in [-0.25, -0.2) is 0 Å². The molecule has 2 heterocycles. The fourth-order valence-corrected chi connectivity index (χ4v) is 1.62. The molecular formula is C13H19N5O. The van der Waals surface area contributed by atoms with Crippen LogP contribution in [0.15, 0.2) is 24.5 Å². The standard InChI is InChI=1S/C13H19N5O/c1-3-6-19-13-11(14)4-5-12(17-13)15-7-10-8-16-18(2)9-10/h4-5,8-9H,3,6-7,14H2,1-2H3,(H,15,17).